The predicted molar refractivity (Wildman–Crippen MR) is 70.8 cm³/mol. The number of nitrogens with zero attached hydrogens (tertiary/aromatic N) is 2. The van der Waals surface area contributed by atoms with Crippen molar-refractivity contribution in [3.8, 4) is 11.4 Å². The first-order valence-electron chi connectivity index (χ1n) is 5.34. The number of hydrogen-bond donors (Lipinski definition) is 0. The molecule has 4 nitrogen and oxygen atoms in total. The summed E-state index contributed by atoms with van der Waals surface area (Å²) in [4.78, 5) is 18.8. The third kappa shape index (κ3) is 2.92. The van der Waals surface area contributed by atoms with Crippen LogP contribution >= 0.6 is 15.9 Å². The van der Waals surface area contributed by atoms with E-state index >= 15 is 0 Å². The van der Waals surface area contributed by atoms with Crippen LogP contribution in [0, 0.1) is 6.92 Å². The molecule has 0 aliphatic heterocycles. The number of aromatic nitrogens is 2. The summed E-state index contributed by atoms with van der Waals surface area (Å²) in [6, 6.07) is 7.77. The number of rotatable bonds is 4. The largest absolute Gasteiger partial charge is 0.463 e. The van der Waals surface area contributed by atoms with Crippen molar-refractivity contribution in [1.82, 2.24) is 9.97 Å². The highest BCUT2D eigenvalue weighted by molar-refractivity contribution is 9.10. The van der Waals surface area contributed by atoms with Gasteiger partial charge in [-0.25, -0.2) is 9.97 Å². The van der Waals surface area contributed by atoms with Crippen molar-refractivity contribution in [3.63, 3.8) is 0 Å². The average molecular weight is 307 g/mol. The molecule has 18 heavy (non-hydrogen) atoms. The van der Waals surface area contributed by atoms with E-state index in [0.29, 0.717) is 12.3 Å². The second-order valence-corrected chi connectivity index (χ2v) is 4.63. The minimum atomic E-state index is 0.204. The molecule has 0 spiro atoms. The van der Waals surface area contributed by atoms with E-state index in [1.807, 2.05) is 31.2 Å². The van der Waals surface area contributed by atoms with E-state index in [4.69, 9.17) is 4.74 Å². The van der Waals surface area contributed by atoms with E-state index in [1.165, 1.54) is 0 Å². The Bertz CT molecular complexity index is 555. The van der Waals surface area contributed by atoms with Crippen LogP contribution in [0.25, 0.3) is 11.4 Å². The van der Waals surface area contributed by atoms with Gasteiger partial charge in [0.1, 0.15) is 6.61 Å². The van der Waals surface area contributed by atoms with Gasteiger partial charge in [-0.2, -0.15) is 0 Å². The summed E-state index contributed by atoms with van der Waals surface area (Å²) in [6.45, 7) is 2.49. The smallest absolute Gasteiger partial charge is 0.293 e. The van der Waals surface area contributed by atoms with Crippen LogP contribution in [0.15, 0.2) is 34.9 Å². The van der Waals surface area contributed by atoms with E-state index < -0.39 is 0 Å². The maximum atomic E-state index is 10.1. The minimum Gasteiger partial charge on any atom is -0.463 e. The third-order valence-corrected chi connectivity index (χ3v) is 3.02. The Morgan fingerprint density at radius 1 is 1.33 bits per heavy atom. The van der Waals surface area contributed by atoms with Gasteiger partial charge >= 0.3 is 0 Å². The third-order valence-electron chi connectivity index (χ3n) is 2.49. The van der Waals surface area contributed by atoms with Gasteiger partial charge in [-0.05, 0) is 19.1 Å². The van der Waals surface area contributed by atoms with Crippen LogP contribution in [0.5, 0.6) is 0 Å². The Labute approximate surface area is 113 Å². The zero-order valence-electron chi connectivity index (χ0n) is 9.76. The van der Waals surface area contributed by atoms with Gasteiger partial charge in [-0.15, -0.1) is 0 Å². The topological polar surface area (TPSA) is 52.1 Å². The first kappa shape index (κ1) is 12.7. The number of benzene rings is 1. The van der Waals surface area contributed by atoms with Gasteiger partial charge in [0, 0.05) is 27.5 Å². The van der Waals surface area contributed by atoms with Crippen LogP contribution in [-0.2, 0) is 16.1 Å². The number of hydrogen-bond acceptors (Lipinski definition) is 4. The molecular weight excluding hydrogens is 296 g/mol. The second kappa shape index (κ2) is 5.73. The van der Waals surface area contributed by atoms with Crippen LogP contribution in [0.4, 0.5) is 0 Å². The number of aryl methyl sites for hydroxylation is 1. The summed E-state index contributed by atoms with van der Waals surface area (Å²) < 4.78 is 5.71. The Morgan fingerprint density at radius 2 is 2.06 bits per heavy atom. The lowest BCUT2D eigenvalue weighted by Crippen LogP contribution is -2.00. The summed E-state index contributed by atoms with van der Waals surface area (Å²) >= 11 is 3.38. The lowest BCUT2D eigenvalue weighted by Gasteiger charge is -2.06. The van der Waals surface area contributed by atoms with Crippen molar-refractivity contribution in [1.29, 1.82) is 0 Å². The molecule has 0 amide bonds. The van der Waals surface area contributed by atoms with E-state index in [2.05, 4.69) is 25.9 Å². The molecule has 0 bridgehead atoms. The standard InChI is InChI=1S/C13H11BrN2O2/c1-9-11(7-18-8-17)6-15-13(16-9)10-2-4-12(14)5-3-10/h2-6,8H,7H2,1H3. The van der Waals surface area contributed by atoms with Crippen molar-refractivity contribution >= 4 is 22.4 Å². The fourth-order valence-corrected chi connectivity index (χ4v) is 1.76. The Kier molecular flexibility index (Phi) is 4.04. The van der Waals surface area contributed by atoms with Gasteiger partial charge in [0.05, 0.1) is 0 Å². The van der Waals surface area contributed by atoms with E-state index in [-0.39, 0.29) is 6.61 Å². The molecule has 0 atom stereocenters. The molecule has 1 heterocycles. The quantitative estimate of drug-likeness (QED) is 0.815. The molecule has 0 fully saturated rings. The molecule has 0 saturated carbocycles. The monoisotopic (exact) mass is 306 g/mol. The van der Waals surface area contributed by atoms with Crippen LogP contribution in [0.2, 0.25) is 0 Å². The average Bonchev–Trinajstić information content (AvgIpc) is 2.38. The Morgan fingerprint density at radius 3 is 2.67 bits per heavy atom. The summed E-state index contributed by atoms with van der Waals surface area (Å²) in [5.41, 5.74) is 2.57. The van der Waals surface area contributed by atoms with Gasteiger partial charge < -0.3 is 4.74 Å². The van der Waals surface area contributed by atoms with Gasteiger partial charge in [-0.1, -0.05) is 28.1 Å². The molecule has 1 aromatic heterocycles. The normalized spacial score (nSPS) is 10.1. The molecule has 0 aliphatic rings. The Balaban J connectivity index is 2.28. The van der Waals surface area contributed by atoms with E-state index in [0.717, 1.165) is 21.3 Å². The highest BCUT2D eigenvalue weighted by Crippen LogP contribution is 2.19. The molecule has 0 radical (unpaired) electrons. The molecule has 1 aromatic carbocycles. The molecule has 5 heteroatoms. The fourth-order valence-electron chi connectivity index (χ4n) is 1.50. The maximum absolute atomic E-state index is 10.1. The second-order valence-electron chi connectivity index (χ2n) is 3.72. The molecule has 92 valence electrons. The molecule has 0 aliphatic carbocycles. The van der Waals surface area contributed by atoms with Gasteiger partial charge in [0.15, 0.2) is 5.82 Å². The van der Waals surface area contributed by atoms with Crippen LogP contribution in [-0.4, -0.2) is 16.4 Å². The highest BCUT2D eigenvalue weighted by atomic mass is 79.9. The molecule has 2 aromatic rings. The molecular formula is C13H11BrN2O2. The van der Waals surface area contributed by atoms with Gasteiger partial charge in [0.2, 0.25) is 0 Å². The lowest BCUT2D eigenvalue weighted by atomic mass is 10.2. The van der Waals surface area contributed by atoms with E-state index in [1.54, 1.807) is 6.20 Å². The van der Waals surface area contributed by atoms with Crippen LogP contribution in [0.3, 0.4) is 0 Å². The molecule has 0 N–H and O–H groups in total. The van der Waals surface area contributed by atoms with Crippen molar-refractivity contribution in [3.05, 3.63) is 46.2 Å². The summed E-state index contributed by atoms with van der Waals surface area (Å²) in [6.07, 6.45) is 1.68. The number of ether oxygens (including phenoxy) is 1. The number of carbonyl (C=O) groups excluding carboxylic acids is 1. The maximum Gasteiger partial charge on any atom is 0.293 e. The molecule has 0 unspecified atom stereocenters. The minimum absolute atomic E-state index is 0.204. The summed E-state index contributed by atoms with van der Waals surface area (Å²) in [7, 11) is 0. The highest BCUT2D eigenvalue weighted by Gasteiger charge is 2.05. The summed E-state index contributed by atoms with van der Waals surface area (Å²) in [5.74, 6) is 0.662. The first-order chi connectivity index (χ1) is 8.70. The predicted octanol–water partition coefficient (Wildman–Crippen LogP) is 2.89. The first-order valence-corrected chi connectivity index (χ1v) is 6.13. The molecule has 2 rings (SSSR count). The van der Waals surface area contributed by atoms with Crippen molar-refractivity contribution in [2.45, 2.75) is 13.5 Å². The zero-order chi connectivity index (χ0) is 13.0. The lowest BCUT2D eigenvalue weighted by molar-refractivity contribution is -0.129. The summed E-state index contributed by atoms with van der Waals surface area (Å²) in [5, 5.41) is 0. The Hall–Kier alpha value is -1.75. The van der Waals surface area contributed by atoms with Crippen molar-refractivity contribution in [2.24, 2.45) is 0 Å². The zero-order valence-corrected chi connectivity index (χ0v) is 11.3. The van der Waals surface area contributed by atoms with E-state index in [9.17, 15) is 4.79 Å². The fraction of sp³-hybridized carbons (Fsp3) is 0.154. The number of carbonyl (C=O) groups is 1. The van der Waals surface area contributed by atoms with Crippen molar-refractivity contribution < 1.29 is 9.53 Å². The van der Waals surface area contributed by atoms with Crippen LogP contribution in [0.1, 0.15) is 11.3 Å². The number of halogens is 1. The van der Waals surface area contributed by atoms with Crippen molar-refractivity contribution in [2.75, 3.05) is 0 Å². The van der Waals surface area contributed by atoms with Crippen LogP contribution < -0.4 is 0 Å². The van der Waals surface area contributed by atoms with Gasteiger partial charge in [-0.3, -0.25) is 4.79 Å². The molecule has 0 saturated heterocycles. The van der Waals surface area contributed by atoms with Gasteiger partial charge in [0.25, 0.3) is 6.47 Å². The SMILES string of the molecule is Cc1nc(-c2ccc(Br)cc2)ncc1COC=O.